The second kappa shape index (κ2) is 8.51. The van der Waals surface area contributed by atoms with Gasteiger partial charge in [0.2, 0.25) is 5.91 Å². The molecule has 1 aliphatic heterocycles. The maximum atomic E-state index is 12.3. The number of nitrogens with zero attached hydrogens (tertiary/aromatic N) is 1. The van der Waals surface area contributed by atoms with Gasteiger partial charge in [-0.2, -0.15) is 0 Å². The van der Waals surface area contributed by atoms with Crippen molar-refractivity contribution < 1.29 is 14.3 Å². The fourth-order valence-electron chi connectivity index (χ4n) is 4.11. The Labute approximate surface area is 184 Å². The van der Waals surface area contributed by atoms with Crippen LogP contribution in [0.2, 0.25) is 0 Å². The Morgan fingerprint density at radius 2 is 1.90 bits per heavy atom. The summed E-state index contributed by atoms with van der Waals surface area (Å²) in [6.45, 7) is -0.0983. The molecule has 0 spiro atoms. The number of nitrogens with one attached hydrogen (secondary N) is 2. The first-order chi connectivity index (χ1) is 15.1. The molecule has 1 aliphatic carbocycles. The third-order valence-corrected chi connectivity index (χ3v) is 6.49. The molecular weight excluding hydrogens is 410 g/mol. The molecule has 6 nitrogen and oxygen atoms in total. The Morgan fingerprint density at radius 1 is 1.03 bits per heavy atom. The minimum absolute atomic E-state index is 0.0266. The number of fused-ring (bicyclic) bond motifs is 2. The van der Waals surface area contributed by atoms with Gasteiger partial charge in [0.25, 0.3) is 5.91 Å². The SMILES string of the molecule is O=C(COc1ccc2c(c1)CCC(=O)N2)Nc1nc(-c2ccc3c(c2)CCCC3)cs1. The number of thiazole rings is 1. The molecule has 0 bridgehead atoms. The van der Waals surface area contributed by atoms with Gasteiger partial charge in [-0.05, 0) is 73.1 Å². The first-order valence-corrected chi connectivity index (χ1v) is 11.5. The number of aryl methyl sites for hydroxylation is 3. The highest BCUT2D eigenvalue weighted by atomic mass is 32.1. The van der Waals surface area contributed by atoms with Crippen molar-refractivity contribution in [1.82, 2.24) is 4.98 Å². The molecule has 31 heavy (non-hydrogen) atoms. The average molecular weight is 434 g/mol. The number of ether oxygens (including phenoxy) is 1. The van der Waals surface area contributed by atoms with E-state index in [0.717, 1.165) is 35.3 Å². The van der Waals surface area contributed by atoms with E-state index in [2.05, 4.69) is 33.8 Å². The lowest BCUT2D eigenvalue weighted by molar-refractivity contribution is -0.118. The molecule has 2 aliphatic rings. The number of carbonyl (C=O) groups is 2. The summed E-state index contributed by atoms with van der Waals surface area (Å²) in [6.07, 6.45) is 5.94. The zero-order valence-electron chi connectivity index (χ0n) is 17.1. The van der Waals surface area contributed by atoms with Gasteiger partial charge >= 0.3 is 0 Å². The molecule has 0 fully saturated rings. The van der Waals surface area contributed by atoms with Crippen molar-refractivity contribution in [3.8, 4) is 17.0 Å². The van der Waals surface area contributed by atoms with E-state index in [0.29, 0.717) is 23.7 Å². The number of benzene rings is 2. The molecule has 0 saturated heterocycles. The molecule has 0 radical (unpaired) electrons. The van der Waals surface area contributed by atoms with Gasteiger partial charge in [0.1, 0.15) is 5.75 Å². The molecule has 7 heteroatoms. The summed E-state index contributed by atoms with van der Waals surface area (Å²) >= 11 is 1.41. The Morgan fingerprint density at radius 3 is 2.81 bits per heavy atom. The van der Waals surface area contributed by atoms with Crippen molar-refractivity contribution >= 4 is 34.0 Å². The minimum atomic E-state index is -0.252. The average Bonchev–Trinajstić information content (AvgIpc) is 3.25. The monoisotopic (exact) mass is 433 g/mol. The molecule has 2 N–H and O–H groups in total. The molecule has 2 heterocycles. The van der Waals surface area contributed by atoms with E-state index in [1.807, 2.05) is 17.5 Å². The predicted molar refractivity (Wildman–Crippen MR) is 122 cm³/mol. The third kappa shape index (κ3) is 4.46. The fourth-order valence-corrected chi connectivity index (χ4v) is 4.85. The van der Waals surface area contributed by atoms with E-state index < -0.39 is 0 Å². The second-order valence-corrected chi connectivity index (χ2v) is 8.79. The van der Waals surface area contributed by atoms with Crippen LogP contribution in [-0.4, -0.2) is 23.4 Å². The first kappa shape index (κ1) is 19.8. The van der Waals surface area contributed by atoms with Crippen LogP contribution in [0.1, 0.15) is 36.0 Å². The van der Waals surface area contributed by atoms with E-state index in [-0.39, 0.29) is 18.4 Å². The van der Waals surface area contributed by atoms with E-state index in [4.69, 9.17) is 4.74 Å². The van der Waals surface area contributed by atoms with Gasteiger partial charge in [-0.3, -0.25) is 14.9 Å². The van der Waals surface area contributed by atoms with Gasteiger partial charge in [0, 0.05) is 23.1 Å². The summed E-state index contributed by atoms with van der Waals surface area (Å²) in [5, 5.41) is 8.19. The van der Waals surface area contributed by atoms with Crippen molar-refractivity contribution in [2.24, 2.45) is 0 Å². The van der Waals surface area contributed by atoms with Gasteiger partial charge in [-0.15, -0.1) is 11.3 Å². The van der Waals surface area contributed by atoms with Crippen molar-refractivity contribution in [3.63, 3.8) is 0 Å². The topological polar surface area (TPSA) is 80.3 Å². The van der Waals surface area contributed by atoms with Gasteiger partial charge in [0.15, 0.2) is 11.7 Å². The number of carbonyl (C=O) groups excluding carboxylic acids is 2. The molecule has 0 unspecified atom stereocenters. The van der Waals surface area contributed by atoms with E-state index in [1.54, 1.807) is 6.07 Å². The van der Waals surface area contributed by atoms with Crippen molar-refractivity contribution in [2.45, 2.75) is 38.5 Å². The van der Waals surface area contributed by atoms with Crippen LogP contribution in [0, 0.1) is 0 Å². The van der Waals surface area contributed by atoms with Gasteiger partial charge < -0.3 is 10.1 Å². The van der Waals surface area contributed by atoms with E-state index in [1.165, 1.54) is 35.3 Å². The van der Waals surface area contributed by atoms with Crippen molar-refractivity contribution in [2.75, 3.05) is 17.2 Å². The van der Waals surface area contributed by atoms with Gasteiger partial charge in [-0.1, -0.05) is 12.1 Å². The summed E-state index contributed by atoms with van der Waals surface area (Å²) in [4.78, 5) is 28.4. The van der Waals surface area contributed by atoms with Crippen LogP contribution in [0.5, 0.6) is 5.75 Å². The van der Waals surface area contributed by atoms with Crippen LogP contribution >= 0.6 is 11.3 Å². The van der Waals surface area contributed by atoms with Crippen molar-refractivity contribution in [1.29, 1.82) is 0 Å². The molecule has 2 aromatic carbocycles. The maximum Gasteiger partial charge on any atom is 0.264 e. The van der Waals surface area contributed by atoms with Crippen LogP contribution in [0.4, 0.5) is 10.8 Å². The molecule has 2 amide bonds. The fraction of sp³-hybridized carbons (Fsp3) is 0.292. The molecule has 158 valence electrons. The zero-order valence-corrected chi connectivity index (χ0v) is 17.9. The summed E-state index contributed by atoms with van der Waals surface area (Å²) in [5.74, 6) is 0.384. The van der Waals surface area contributed by atoms with E-state index >= 15 is 0 Å². The Bertz CT molecular complexity index is 1150. The molecule has 0 saturated carbocycles. The lowest BCUT2D eigenvalue weighted by Crippen LogP contribution is -2.21. The smallest absolute Gasteiger partial charge is 0.264 e. The summed E-state index contributed by atoms with van der Waals surface area (Å²) in [6, 6.07) is 12.0. The van der Waals surface area contributed by atoms with Crippen LogP contribution in [0.25, 0.3) is 11.3 Å². The number of hydrogen-bond donors (Lipinski definition) is 2. The standard InChI is InChI=1S/C24H23N3O3S/c28-22-10-7-18-12-19(8-9-20(18)25-22)30-13-23(29)27-24-26-21(14-31-24)17-6-5-15-3-1-2-4-16(15)11-17/h5-6,8-9,11-12,14H,1-4,7,10,13H2,(H,25,28)(H,26,27,29). The molecule has 0 atom stereocenters. The van der Waals surface area contributed by atoms with Crippen LogP contribution in [0.3, 0.4) is 0 Å². The van der Waals surface area contributed by atoms with Crippen LogP contribution in [0.15, 0.2) is 41.8 Å². The number of rotatable bonds is 5. The number of hydrogen-bond acceptors (Lipinski definition) is 5. The van der Waals surface area contributed by atoms with E-state index in [9.17, 15) is 9.59 Å². The number of aromatic nitrogens is 1. The highest BCUT2D eigenvalue weighted by molar-refractivity contribution is 7.14. The Hall–Kier alpha value is -3.19. The molecule has 5 rings (SSSR count). The van der Waals surface area contributed by atoms with Gasteiger partial charge in [-0.25, -0.2) is 4.98 Å². The first-order valence-electron chi connectivity index (χ1n) is 10.6. The molecule has 1 aromatic heterocycles. The predicted octanol–water partition coefficient (Wildman–Crippen LogP) is 4.59. The highest BCUT2D eigenvalue weighted by Gasteiger charge is 2.16. The zero-order chi connectivity index (χ0) is 21.2. The third-order valence-electron chi connectivity index (χ3n) is 5.74. The Kier molecular flexibility index (Phi) is 5.42. The normalized spacial score (nSPS) is 14.9. The molecular formula is C24H23N3O3S. The minimum Gasteiger partial charge on any atom is -0.484 e. The quantitative estimate of drug-likeness (QED) is 0.617. The maximum absolute atomic E-state index is 12.3. The van der Waals surface area contributed by atoms with Crippen molar-refractivity contribution in [3.05, 3.63) is 58.5 Å². The summed E-state index contributed by atoms with van der Waals surface area (Å²) in [7, 11) is 0. The van der Waals surface area contributed by atoms with Crippen LogP contribution < -0.4 is 15.4 Å². The van der Waals surface area contributed by atoms with Crippen LogP contribution in [-0.2, 0) is 28.9 Å². The lowest BCUT2D eigenvalue weighted by atomic mass is 9.90. The molecule has 3 aromatic rings. The van der Waals surface area contributed by atoms with Gasteiger partial charge in [0.05, 0.1) is 5.69 Å². The Balaban J connectivity index is 1.19. The lowest BCUT2D eigenvalue weighted by Gasteiger charge is -2.17. The highest BCUT2D eigenvalue weighted by Crippen LogP contribution is 2.30. The second-order valence-electron chi connectivity index (χ2n) is 7.93. The largest absolute Gasteiger partial charge is 0.484 e. The summed E-state index contributed by atoms with van der Waals surface area (Å²) < 4.78 is 5.64. The summed E-state index contributed by atoms with van der Waals surface area (Å²) in [5.41, 5.74) is 6.67. The number of amides is 2. The number of anilines is 2.